The molecule has 8 nitrogen and oxygen atoms in total. The van der Waals surface area contributed by atoms with E-state index >= 15 is 0 Å². The first-order chi connectivity index (χ1) is 13.1. The van der Waals surface area contributed by atoms with Gasteiger partial charge in [0, 0.05) is 38.4 Å². The monoisotopic (exact) mass is 389 g/mol. The smallest absolute Gasteiger partial charge is 0.272 e. The Morgan fingerprint density at radius 1 is 0.963 bits per heavy atom. The number of amides is 1. The number of piperazine rings is 1. The molecule has 0 bridgehead atoms. The van der Waals surface area contributed by atoms with E-state index in [2.05, 4.69) is 4.98 Å². The van der Waals surface area contributed by atoms with E-state index in [0.717, 1.165) is 0 Å². The van der Waals surface area contributed by atoms with Crippen LogP contribution in [-0.2, 0) is 10.0 Å². The van der Waals surface area contributed by atoms with Gasteiger partial charge in [-0.1, -0.05) is 6.07 Å². The molecule has 0 aliphatic carbocycles. The Balaban J connectivity index is 1.46. The number of rotatable bonds is 3. The second kappa shape index (κ2) is 7.16. The molecule has 1 aromatic heterocycles. The average Bonchev–Trinajstić information content (AvgIpc) is 2.73. The Morgan fingerprint density at radius 2 is 1.70 bits per heavy atom. The van der Waals surface area contributed by atoms with Gasteiger partial charge in [0.2, 0.25) is 10.0 Å². The number of hydrogen-bond donors (Lipinski definition) is 0. The third-order valence-electron chi connectivity index (χ3n) is 4.56. The Kier molecular flexibility index (Phi) is 4.71. The van der Waals surface area contributed by atoms with E-state index in [9.17, 15) is 13.2 Å². The van der Waals surface area contributed by atoms with Gasteiger partial charge in [0.1, 0.15) is 18.9 Å². The number of pyridine rings is 1. The van der Waals surface area contributed by atoms with Crippen molar-refractivity contribution in [3.63, 3.8) is 0 Å². The first-order valence-corrected chi connectivity index (χ1v) is 10.1. The molecule has 9 heteroatoms. The number of carbonyl (C=O) groups is 1. The van der Waals surface area contributed by atoms with Gasteiger partial charge in [0.15, 0.2) is 11.5 Å². The number of hydrogen-bond acceptors (Lipinski definition) is 6. The van der Waals surface area contributed by atoms with E-state index in [0.29, 0.717) is 43.5 Å². The van der Waals surface area contributed by atoms with Gasteiger partial charge in [-0.25, -0.2) is 8.42 Å². The molecule has 0 N–H and O–H groups in total. The minimum absolute atomic E-state index is 0.163. The summed E-state index contributed by atoms with van der Waals surface area (Å²) >= 11 is 0. The van der Waals surface area contributed by atoms with E-state index in [1.165, 1.54) is 16.4 Å². The molecule has 0 saturated carbocycles. The fraction of sp³-hybridized carbons (Fsp3) is 0.333. The third kappa shape index (κ3) is 3.47. The molecular formula is C18H19N3O5S. The zero-order valence-electron chi connectivity index (χ0n) is 14.6. The van der Waals surface area contributed by atoms with Crippen LogP contribution in [0.3, 0.4) is 0 Å². The van der Waals surface area contributed by atoms with Crippen molar-refractivity contribution in [3.05, 3.63) is 48.3 Å². The van der Waals surface area contributed by atoms with Crippen LogP contribution < -0.4 is 9.47 Å². The number of nitrogens with zero attached hydrogens (tertiary/aromatic N) is 3. The van der Waals surface area contributed by atoms with Crippen molar-refractivity contribution in [1.82, 2.24) is 14.2 Å². The van der Waals surface area contributed by atoms with Crippen molar-refractivity contribution in [2.75, 3.05) is 39.4 Å². The van der Waals surface area contributed by atoms with Gasteiger partial charge in [-0.2, -0.15) is 4.31 Å². The maximum atomic E-state index is 12.9. The molecule has 1 fully saturated rings. The Morgan fingerprint density at radius 3 is 2.41 bits per heavy atom. The summed E-state index contributed by atoms with van der Waals surface area (Å²) < 4.78 is 38.2. The minimum Gasteiger partial charge on any atom is -0.486 e. The highest BCUT2D eigenvalue weighted by Crippen LogP contribution is 2.33. The van der Waals surface area contributed by atoms with Gasteiger partial charge in [-0.3, -0.25) is 9.78 Å². The van der Waals surface area contributed by atoms with Crippen LogP contribution in [-0.4, -0.2) is 67.9 Å². The van der Waals surface area contributed by atoms with E-state index < -0.39 is 10.0 Å². The van der Waals surface area contributed by atoms with Crippen molar-refractivity contribution < 1.29 is 22.7 Å². The maximum Gasteiger partial charge on any atom is 0.272 e. The van der Waals surface area contributed by atoms with E-state index in [4.69, 9.17) is 9.47 Å². The third-order valence-corrected chi connectivity index (χ3v) is 6.46. The molecule has 4 rings (SSSR count). The molecular weight excluding hydrogens is 370 g/mol. The Hall–Kier alpha value is -2.65. The lowest BCUT2D eigenvalue weighted by Gasteiger charge is -2.34. The number of ether oxygens (including phenoxy) is 2. The molecule has 2 aliphatic rings. The number of fused-ring (bicyclic) bond motifs is 1. The summed E-state index contributed by atoms with van der Waals surface area (Å²) in [6.07, 6.45) is 1.57. The molecule has 142 valence electrons. The molecule has 0 radical (unpaired) electrons. The fourth-order valence-corrected chi connectivity index (χ4v) is 4.55. The summed E-state index contributed by atoms with van der Waals surface area (Å²) in [6.45, 7) is 1.94. The van der Waals surface area contributed by atoms with E-state index in [1.807, 2.05) is 0 Å². The molecule has 0 atom stereocenters. The number of sulfonamides is 1. The number of carbonyl (C=O) groups excluding carboxylic acids is 1. The zero-order chi connectivity index (χ0) is 18.9. The molecule has 2 aromatic rings. The highest BCUT2D eigenvalue weighted by molar-refractivity contribution is 7.89. The number of aromatic nitrogens is 1. The van der Waals surface area contributed by atoms with Gasteiger partial charge in [-0.05, 0) is 24.3 Å². The Bertz CT molecular complexity index is 941. The predicted molar refractivity (Wildman–Crippen MR) is 96.3 cm³/mol. The molecule has 1 aromatic carbocycles. The topological polar surface area (TPSA) is 89.0 Å². The summed E-state index contributed by atoms with van der Waals surface area (Å²) in [5.74, 6) is 0.796. The quantitative estimate of drug-likeness (QED) is 0.778. The van der Waals surface area contributed by atoms with Crippen LogP contribution in [0.5, 0.6) is 11.5 Å². The van der Waals surface area contributed by atoms with Crippen LogP contribution in [0.2, 0.25) is 0 Å². The second-order valence-corrected chi connectivity index (χ2v) is 8.15. The van der Waals surface area contributed by atoms with Crippen molar-refractivity contribution in [2.45, 2.75) is 4.90 Å². The lowest BCUT2D eigenvalue weighted by atomic mass is 10.3. The second-order valence-electron chi connectivity index (χ2n) is 6.22. The van der Waals surface area contributed by atoms with Crippen LogP contribution >= 0.6 is 0 Å². The maximum absolute atomic E-state index is 12.9. The summed E-state index contributed by atoms with van der Waals surface area (Å²) in [7, 11) is -3.67. The lowest BCUT2D eigenvalue weighted by molar-refractivity contribution is 0.0692. The molecule has 1 saturated heterocycles. The average molecular weight is 389 g/mol. The van der Waals surface area contributed by atoms with Crippen LogP contribution in [0.25, 0.3) is 0 Å². The molecule has 0 unspecified atom stereocenters. The largest absolute Gasteiger partial charge is 0.486 e. The minimum atomic E-state index is -3.67. The highest BCUT2D eigenvalue weighted by atomic mass is 32.2. The highest BCUT2D eigenvalue weighted by Gasteiger charge is 2.31. The van der Waals surface area contributed by atoms with Gasteiger partial charge >= 0.3 is 0 Å². The van der Waals surface area contributed by atoms with Crippen LogP contribution in [0.15, 0.2) is 47.5 Å². The Labute approximate surface area is 157 Å². The molecule has 2 aliphatic heterocycles. The molecule has 3 heterocycles. The van der Waals surface area contributed by atoms with E-state index in [-0.39, 0.29) is 23.9 Å². The summed E-state index contributed by atoms with van der Waals surface area (Å²) in [6, 6.07) is 9.78. The van der Waals surface area contributed by atoms with Crippen LogP contribution in [0.1, 0.15) is 10.5 Å². The van der Waals surface area contributed by atoms with Gasteiger partial charge in [0.05, 0.1) is 4.90 Å². The first kappa shape index (κ1) is 17.7. The number of benzene rings is 1. The predicted octanol–water partition coefficient (Wildman–Crippen LogP) is 1.000. The molecule has 1 amide bonds. The lowest BCUT2D eigenvalue weighted by Crippen LogP contribution is -2.50. The van der Waals surface area contributed by atoms with Gasteiger partial charge in [-0.15, -0.1) is 0 Å². The van der Waals surface area contributed by atoms with Gasteiger partial charge < -0.3 is 14.4 Å². The fourth-order valence-electron chi connectivity index (χ4n) is 3.12. The zero-order valence-corrected chi connectivity index (χ0v) is 15.4. The normalized spacial score (nSPS) is 17.6. The summed E-state index contributed by atoms with van der Waals surface area (Å²) in [5.41, 5.74) is 0.362. The van der Waals surface area contributed by atoms with E-state index in [1.54, 1.807) is 35.4 Å². The van der Waals surface area contributed by atoms with Crippen molar-refractivity contribution in [2.24, 2.45) is 0 Å². The summed E-state index contributed by atoms with van der Waals surface area (Å²) in [4.78, 5) is 18.3. The SMILES string of the molecule is O=C(c1ccccn1)N1CCN(S(=O)(=O)c2ccc3c(c2)OCCO3)CC1. The van der Waals surface area contributed by atoms with Crippen molar-refractivity contribution in [3.8, 4) is 11.5 Å². The molecule has 0 spiro atoms. The van der Waals surface area contributed by atoms with Crippen LogP contribution in [0, 0.1) is 0 Å². The van der Waals surface area contributed by atoms with Crippen molar-refractivity contribution >= 4 is 15.9 Å². The first-order valence-electron chi connectivity index (χ1n) is 8.66. The molecule has 27 heavy (non-hydrogen) atoms. The van der Waals surface area contributed by atoms with Crippen molar-refractivity contribution in [1.29, 1.82) is 0 Å². The van der Waals surface area contributed by atoms with Gasteiger partial charge in [0.25, 0.3) is 5.91 Å². The standard InChI is InChI=1S/C18H19N3O5S/c22-18(15-3-1-2-6-19-15)20-7-9-21(10-8-20)27(23,24)14-4-5-16-17(13-14)26-12-11-25-16/h1-6,13H,7-12H2. The van der Waals surface area contributed by atoms with Crippen LogP contribution in [0.4, 0.5) is 0 Å². The summed E-state index contributed by atoms with van der Waals surface area (Å²) in [5, 5.41) is 0.